The fourth-order valence-electron chi connectivity index (χ4n) is 6.42. The summed E-state index contributed by atoms with van der Waals surface area (Å²) in [7, 11) is 2.13. The van der Waals surface area contributed by atoms with E-state index in [0.29, 0.717) is 0 Å². The molecule has 0 bridgehead atoms. The molecular weight excluding hydrogens is 627 g/mol. The van der Waals surface area contributed by atoms with Crippen LogP contribution in [0.4, 0.5) is 45.5 Å². The van der Waals surface area contributed by atoms with Gasteiger partial charge >= 0.3 is 0 Å². The van der Waals surface area contributed by atoms with Gasteiger partial charge in [0.05, 0.1) is 11.4 Å². The Hall–Kier alpha value is -5.97. The highest BCUT2D eigenvalue weighted by molar-refractivity contribution is 7.99. The minimum Gasteiger partial charge on any atom is -0.345 e. The van der Waals surface area contributed by atoms with E-state index in [-0.39, 0.29) is 0 Å². The second-order valence-electron chi connectivity index (χ2n) is 12.5. The monoisotopic (exact) mass is 663 g/mol. The molecule has 242 valence electrons. The maximum atomic E-state index is 2.39. The Bertz CT molecular complexity index is 2250. The summed E-state index contributed by atoms with van der Waals surface area (Å²) in [4.78, 5) is 9.40. The Morgan fingerprint density at radius 1 is 0.460 bits per heavy atom. The van der Waals surface area contributed by atoms with Crippen LogP contribution in [-0.2, 0) is 0 Å². The lowest BCUT2D eigenvalue weighted by atomic mass is 10.1. The first-order valence-corrected chi connectivity index (χ1v) is 17.7. The van der Waals surface area contributed by atoms with Crippen molar-refractivity contribution in [1.29, 1.82) is 0 Å². The van der Waals surface area contributed by atoms with Crippen molar-refractivity contribution in [2.45, 2.75) is 16.7 Å². The Balaban J connectivity index is 1.18. The maximum absolute atomic E-state index is 2.39. The Morgan fingerprint density at radius 3 is 1.52 bits per heavy atom. The molecule has 0 fully saturated rings. The highest BCUT2D eigenvalue weighted by Crippen LogP contribution is 2.54. The van der Waals surface area contributed by atoms with Crippen molar-refractivity contribution < 1.29 is 0 Å². The number of rotatable bonds is 8. The molecule has 0 N–H and O–H groups in total. The van der Waals surface area contributed by atoms with E-state index in [9.17, 15) is 0 Å². The minimum absolute atomic E-state index is 1.11. The van der Waals surface area contributed by atoms with Crippen LogP contribution < -0.4 is 14.7 Å². The van der Waals surface area contributed by atoms with Gasteiger partial charge < -0.3 is 14.7 Å². The van der Waals surface area contributed by atoms with E-state index >= 15 is 0 Å². The second kappa shape index (κ2) is 13.9. The van der Waals surface area contributed by atoms with E-state index in [2.05, 4.69) is 217 Å². The van der Waals surface area contributed by atoms with Gasteiger partial charge in [-0.05, 0) is 103 Å². The molecule has 4 heteroatoms. The van der Waals surface area contributed by atoms with Gasteiger partial charge in [-0.1, -0.05) is 120 Å². The van der Waals surface area contributed by atoms with Gasteiger partial charge in [0.25, 0.3) is 0 Å². The number of nitrogens with zero attached hydrogens (tertiary/aromatic N) is 3. The quantitative estimate of drug-likeness (QED) is 0.150. The molecule has 7 aromatic carbocycles. The molecular formula is C46H37N3S. The Labute approximate surface area is 299 Å². The predicted octanol–water partition coefficient (Wildman–Crippen LogP) is 13.3. The SMILES string of the molecule is Cc1ccc(/C=C/c2ccc(N(c3ccccc3)c3ccc4c(c3)Sc3cc(N(C)c5ccccc5)ccc3N4c3ccccc3)cc2)cc1. The predicted molar refractivity (Wildman–Crippen MR) is 215 cm³/mol. The molecule has 0 amide bonds. The fourth-order valence-corrected chi connectivity index (χ4v) is 7.54. The number of benzene rings is 7. The van der Waals surface area contributed by atoms with Gasteiger partial charge in [-0.15, -0.1) is 0 Å². The molecule has 0 radical (unpaired) electrons. The highest BCUT2D eigenvalue weighted by Gasteiger charge is 2.27. The summed E-state index contributed by atoms with van der Waals surface area (Å²) in [6.45, 7) is 2.12. The molecule has 0 aliphatic carbocycles. The normalized spacial score (nSPS) is 12.0. The van der Waals surface area contributed by atoms with Gasteiger partial charge in [0.1, 0.15) is 0 Å². The molecule has 0 atom stereocenters. The molecule has 1 aliphatic rings. The average Bonchev–Trinajstić information content (AvgIpc) is 3.18. The summed E-state index contributed by atoms with van der Waals surface area (Å²) in [5, 5.41) is 0. The largest absolute Gasteiger partial charge is 0.345 e. The van der Waals surface area contributed by atoms with E-state index in [1.807, 2.05) is 11.8 Å². The van der Waals surface area contributed by atoms with Gasteiger partial charge in [0.2, 0.25) is 0 Å². The van der Waals surface area contributed by atoms with Crippen LogP contribution in [0.2, 0.25) is 0 Å². The first kappa shape index (κ1) is 31.3. The molecule has 0 saturated heterocycles. The van der Waals surface area contributed by atoms with Crippen molar-refractivity contribution in [3.63, 3.8) is 0 Å². The van der Waals surface area contributed by atoms with E-state index in [1.165, 1.54) is 32.3 Å². The molecule has 50 heavy (non-hydrogen) atoms. The first-order valence-electron chi connectivity index (χ1n) is 16.9. The summed E-state index contributed by atoms with van der Waals surface area (Å²) in [5.41, 5.74) is 12.8. The number of fused-ring (bicyclic) bond motifs is 2. The first-order chi connectivity index (χ1) is 24.6. The molecule has 3 nitrogen and oxygen atoms in total. The van der Waals surface area contributed by atoms with Crippen molar-refractivity contribution in [3.8, 4) is 0 Å². The zero-order valence-electron chi connectivity index (χ0n) is 28.1. The van der Waals surface area contributed by atoms with Crippen molar-refractivity contribution >= 4 is 69.4 Å². The van der Waals surface area contributed by atoms with Gasteiger partial charge in [0, 0.05) is 51.0 Å². The zero-order valence-corrected chi connectivity index (χ0v) is 29.0. The van der Waals surface area contributed by atoms with Crippen LogP contribution in [0.15, 0.2) is 186 Å². The third-order valence-electron chi connectivity index (χ3n) is 9.10. The molecule has 7 aromatic rings. The number of para-hydroxylation sites is 3. The molecule has 0 aromatic heterocycles. The highest BCUT2D eigenvalue weighted by atomic mass is 32.2. The maximum Gasteiger partial charge on any atom is 0.0603 e. The van der Waals surface area contributed by atoms with Gasteiger partial charge in [0.15, 0.2) is 0 Å². The summed E-state index contributed by atoms with van der Waals surface area (Å²) in [6.07, 6.45) is 4.35. The molecule has 0 spiro atoms. The number of hydrogen-bond acceptors (Lipinski definition) is 4. The van der Waals surface area contributed by atoms with Crippen molar-refractivity contribution in [2.75, 3.05) is 21.7 Å². The van der Waals surface area contributed by atoms with Gasteiger partial charge in [-0.3, -0.25) is 0 Å². The summed E-state index contributed by atoms with van der Waals surface area (Å²) < 4.78 is 0. The van der Waals surface area contributed by atoms with Crippen molar-refractivity contribution in [3.05, 3.63) is 193 Å². The van der Waals surface area contributed by atoms with Crippen LogP contribution >= 0.6 is 11.8 Å². The molecule has 8 rings (SSSR count). The standard InChI is InChI=1S/C46H37N3S/c1-34-18-20-35(21-19-34)22-23-36-24-26-40(27-25-36)48(38-14-8-4-9-15-38)42-29-31-44-46(33-42)50-45-32-41(47(2)37-12-6-3-7-13-37)28-30-43(45)49(44)39-16-10-5-11-17-39/h3-33H,1-2H3/b23-22+. The van der Waals surface area contributed by atoms with E-state index in [1.54, 1.807) is 0 Å². The summed E-state index contributed by atoms with van der Waals surface area (Å²) >= 11 is 1.83. The second-order valence-corrected chi connectivity index (χ2v) is 13.6. The van der Waals surface area contributed by atoms with Crippen LogP contribution in [-0.4, -0.2) is 7.05 Å². The zero-order chi connectivity index (χ0) is 33.9. The third-order valence-corrected chi connectivity index (χ3v) is 10.2. The van der Waals surface area contributed by atoms with Gasteiger partial charge in [-0.25, -0.2) is 0 Å². The van der Waals surface area contributed by atoms with Gasteiger partial charge in [-0.2, -0.15) is 0 Å². The lowest BCUT2D eigenvalue weighted by Crippen LogP contribution is -2.17. The van der Waals surface area contributed by atoms with Crippen LogP contribution in [0.1, 0.15) is 16.7 Å². The van der Waals surface area contributed by atoms with Crippen LogP contribution in [0, 0.1) is 6.92 Å². The minimum atomic E-state index is 1.11. The molecule has 1 aliphatic heterocycles. The van der Waals surface area contributed by atoms with Crippen LogP contribution in [0.3, 0.4) is 0 Å². The topological polar surface area (TPSA) is 9.72 Å². The third kappa shape index (κ3) is 6.41. The van der Waals surface area contributed by atoms with Crippen molar-refractivity contribution in [1.82, 2.24) is 0 Å². The van der Waals surface area contributed by atoms with E-state index in [0.717, 1.165) is 39.7 Å². The van der Waals surface area contributed by atoms with Crippen LogP contribution in [0.5, 0.6) is 0 Å². The lowest BCUT2D eigenvalue weighted by Gasteiger charge is -2.35. The Kier molecular flexibility index (Phi) is 8.68. The van der Waals surface area contributed by atoms with E-state index < -0.39 is 0 Å². The molecule has 0 saturated carbocycles. The number of anilines is 8. The van der Waals surface area contributed by atoms with Crippen molar-refractivity contribution in [2.24, 2.45) is 0 Å². The summed E-state index contributed by atoms with van der Waals surface area (Å²) in [5.74, 6) is 0. The van der Waals surface area contributed by atoms with Crippen LogP contribution in [0.25, 0.3) is 12.2 Å². The molecule has 1 heterocycles. The smallest absolute Gasteiger partial charge is 0.0603 e. The Morgan fingerprint density at radius 2 is 0.920 bits per heavy atom. The lowest BCUT2D eigenvalue weighted by molar-refractivity contribution is 1.14. The molecule has 0 unspecified atom stereocenters. The fraction of sp³-hybridized carbons (Fsp3) is 0.0435. The summed E-state index contributed by atoms with van der Waals surface area (Å²) in [6, 6.07) is 62.9. The number of hydrogen-bond donors (Lipinski definition) is 0. The number of aryl methyl sites for hydroxylation is 1. The average molecular weight is 664 g/mol. The van der Waals surface area contributed by atoms with E-state index in [4.69, 9.17) is 0 Å².